The van der Waals surface area contributed by atoms with Gasteiger partial charge in [-0.15, -0.1) is 0 Å². The Morgan fingerprint density at radius 2 is 2.20 bits per heavy atom. The summed E-state index contributed by atoms with van der Waals surface area (Å²) in [4.78, 5) is 3.95. The van der Waals surface area contributed by atoms with Crippen molar-refractivity contribution in [2.45, 2.75) is 19.0 Å². The van der Waals surface area contributed by atoms with E-state index in [2.05, 4.69) is 10.1 Å². The number of nitrogens with zero attached hydrogens (tertiary/aromatic N) is 2. The predicted molar refractivity (Wildman–Crippen MR) is 67.0 cm³/mol. The normalized spacial score (nSPS) is 12.7. The lowest BCUT2D eigenvalue weighted by Gasteiger charge is -2.05. The van der Waals surface area contributed by atoms with Gasteiger partial charge in [0.15, 0.2) is 0 Å². The van der Waals surface area contributed by atoms with Crippen molar-refractivity contribution in [2.24, 2.45) is 0 Å². The van der Waals surface area contributed by atoms with Gasteiger partial charge in [0.1, 0.15) is 11.9 Å². The number of aliphatic hydroxyl groups excluding tert-OH is 1. The van der Waals surface area contributed by atoms with Crippen LogP contribution < -0.4 is 4.74 Å². The molecule has 1 heterocycles. The number of alkyl halides is 2. The highest BCUT2D eigenvalue weighted by atomic mass is 35.5. The second-order valence-corrected chi connectivity index (χ2v) is 4.40. The lowest BCUT2D eigenvalue weighted by atomic mass is 10.2. The van der Waals surface area contributed by atoms with Gasteiger partial charge in [-0.25, -0.2) is 8.78 Å². The molecule has 1 atom stereocenters. The first kappa shape index (κ1) is 14.7. The van der Waals surface area contributed by atoms with Crippen LogP contribution in [-0.2, 0) is 6.42 Å². The number of methoxy groups -OCH3 is 1. The maximum Gasteiger partial charge on any atom is 0.264 e. The number of aliphatic hydroxyl groups is 1. The number of benzene rings is 1. The summed E-state index contributed by atoms with van der Waals surface area (Å²) in [6, 6.07) is 4.81. The standard InChI is InChI=1S/C12H11ClF2N2O3/c1-19-9-4-6(13)2-3-7(9)12-16-10(20-17-12)5-8(18)11(14)15/h2-4,8,11,18H,5H2,1H3. The van der Waals surface area contributed by atoms with Gasteiger partial charge < -0.3 is 14.4 Å². The third-order valence-corrected chi connectivity index (χ3v) is 2.78. The second-order valence-electron chi connectivity index (χ2n) is 3.96. The Hall–Kier alpha value is -1.73. The van der Waals surface area contributed by atoms with Crippen LogP contribution in [0.5, 0.6) is 5.75 Å². The Kier molecular flexibility index (Phi) is 4.51. The van der Waals surface area contributed by atoms with Crippen LogP contribution in [0.4, 0.5) is 8.78 Å². The fourth-order valence-electron chi connectivity index (χ4n) is 1.56. The molecule has 0 amide bonds. The molecule has 20 heavy (non-hydrogen) atoms. The molecule has 1 aromatic carbocycles. The molecular weight excluding hydrogens is 294 g/mol. The zero-order valence-electron chi connectivity index (χ0n) is 10.4. The molecule has 0 radical (unpaired) electrons. The molecule has 8 heteroatoms. The molecule has 1 unspecified atom stereocenters. The van der Waals surface area contributed by atoms with Gasteiger partial charge in [-0.3, -0.25) is 0 Å². The van der Waals surface area contributed by atoms with Gasteiger partial charge in [0.2, 0.25) is 11.7 Å². The maximum atomic E-state index is 12.2. The number of hydrogen-bond donors (Lipinski definition) is 1. The minimum absolute atomic E-state index is 0.0789. The topological polar surface area (TPSA) is 68.4 Å². The third kappa shape index (κ3) is 3.23. The van der Waals surface area contributed by atoms with E-state index in [4.69, 9.17) is 26.0 Å². The Balaban J connectivity index is 2.24. The Morgan fingerprint density at radius 3 is 2.85 bits per heavy atom. The first-order valence-corrected chi connectivity index (χ1v) is 6.01. The molecule has 5 nitrogen and oxygen atoms in total. The molecule has 1 N–H and O–H groups in total. The summed E-state index contributed by atoms with van der Waals surface area (Å²) in [6.07, 6.45) is -5.12. The van der Waals surface area contributed by atoms with E-state index in [1.165, 1.54) is 7.11 Å². The molecule has 0 saturated carbocycles. The van der Waals surface area contributed by atoms with Gasteiger partial charge in [0.05, 0.1) is 19.1 Å². The van der Waals surface area contributed by atoms with Crippen LogP contribution in [0.3, 0.4) is 0 Å². The van der Waals surface area contributed by atoms with Crippen LogP contribution in [0.25, 0.3) is 11.4 Å². The second kappa shape index (κ2) is 6.15. The van der Waals surface area contributed by atoms with Crippen molar-refractivity contribution in [3.05, 3.63) is 29.1 Å². The highest BCUT2D eigenvalue weighted by Gasteiger charge is 2.21. The number of aromatic nitrogens is 2. The predicted octanol–water partition coefficient (Wildman–Crippen LogP) is 2.57. The summed E-state index contributed by atoms with van der Waals surface area (Å²) in [6.45, 7) is 0. The zero-order chi connectivity index (χ0) is 14.7. The smallest absolute Gasteiger partial charge is 0.264 e. The summed E-state index contributed by atoms with van der Waals surface area (Å²) in [5.74, 6) is 0.527. The van der Waals surface area contributed by atoms with Crippen LogP contribution in [0.15, 0.2) is 22.7 Å². The molecule has 0 aliphatic carbocycles. The molecule has 0 aliphatic rings. The highest BCUT2D eigenvalue weighted by molar-refractivity contribution is 6.30. The van der Waals surface area contributed by atoms with E-state index in [1.807, 2.05) is 0 Å². The summed E-state index contributed by atoms with van der Waals surface area (Å²) < 4.78 is 34.4. The molecule has 2 rings (SSSR count). The number of rotatable bonds is 5. The molecule has 0 saturated heterocycles. The zero-order valence-corrected chi connectivity index (χ0v) is 11.1. The molecule has 0 spiro atoms. The SMILES string of the molecule is COc1cc(Cl)ccc1-c1noc(CC(O)C(F)F)n1. The van der Waals surface area contributed by atoms with Crippen LogP contribution in [0, 0.1) is 0 Å². The van der Waals surface area contributed by atoms with E-state index < -0.39 is 19.0 Å². The first-order valence-electron chi connectivity index (χ1n) is 5.64. The minimum atomic E-state index is -2.87. The molecule has 108 valence electrons. The summed E-state index contributed by atoms with van der Waals surface area (Å²) in [5, 5.41) is 13.2. The molecular formula is C12H11ClF2N2O3. The van der Waals surface area contributed by atoms with Gasteiger partial charge in [0.25, 0.3) is 6.43 Å². The first-order chi connectivity index (χ1) is 9.51. The van der Waals surface area contributed by atoms with E-state index >= 15 is 0 Å². The third-order valence-electron chi connectivity index (χ3n) is 2.55. The fraction of sp³-hybridized carbons (Fsp3) is 0.333. The lowest BCUT2D eigenvalue weighted by Crippen LogP contribution is -2.20. The van der Waals surface area contributed by atoms with Crippen molar-refractivity contribution in [1.82, 2.24) is 10.1 Å². The Morgan fingerprint density at radius 1 is 1.45 bits per heavy atom. The van der Waals surface area contributed by atoms with Crippen LogP contribution in [0.1, 0.15) is 5.89 Å². The average Bonchev–Trinajstić information content (AvgIpc) is 2.86. The van der Waals surface area contributed by atoms with E-state index in [0.29, 0.717) is 16.3 Å². The minimum Gasteiger partial charge on any atom is -0.496 e. The average molecular weight is 305 g/mol. The van der Waals surface area contributed by atoms with Crippen LogP contribution in [0.2, 0.25) is 5.02 Å². The lowest BCUT2D eigenvalue weighted by molar-refractivity contribution is -0.00754. The molecule has 2 aromatic rings. The van der Waals surface area contributed by atoms with Gasteiger partial charge in [-0.2, -0.15) is 4.98 Å². The van der Waals surface area contributed by atoms with Crippen molar-refractivity contribution in [3.63, 3.8) is 0 Å². The van der Waals surface area contributed by atoms with Gasteiger partial charge in [-0.1, -0.05) is 16.8 Å². The highest BCUT2D eigenvalue weighted by Crippen LogP contribution is 2.30. The number of hydrogen-bond acceptors (Lipinski definition) is 5. The van der Waals surface area contributed by atoms with Crippen molar-refractivity contribution in [2.75, 3.05) is 7.11 Å². The fourth-order valence-corrected chi connectivity index (χ4v) is 1.73. The largest absolute Gasteiger partial charge is 0.496 e. The number of halogens is 3. The van der Waals surface area contributed by atoms with E-state index in [1.54, 1.807) is 18.2 Å². The number of ether oxygens (including phenoxy) is 1. The van der Waals surface area contributed by atoms with Gasteiger partial charge in [-0.05, 0) is 18.2 Å². The Labute approximate surface area is 118 Å². The Bertz CT molecular complexity index is 592. The molecule has 0 aliphatic heterocycles. The molecule has 1 aromatic heterocycles. The summed E-state index contributed by atoms with van der Waals surface area (Å²) >= 11 is 5.83. The van der Waals surface area contributed by atoms with E-state index in [0.717, 1.165) is 0 Å². The van der Waals surface area contributed by atoms with E-state index in [9.17, 15) is 8.78 Å². The van der Waals surface area contributed by atoms with Gasteiger partial charge in [0, 0.05) is 5.02 Å². The molecule has 0 bridgehead atoms. The monoisotopic (exact) mass is 304 g/mol. The summed E-state index contributed by atoms with van der Waals surface area (Å²) in [7, 11) is 1.46. The van der Waals surface area contributed by atoms with Crippen molar-refractivity contribution in [1.29, 1.82) is 0 Å². The van der Waals surface area contributed by atoms with Crippen molar-refractivity contribution < 1.29 is 23.1 Å². The van der Waals surface area contributed by atoms with Crippen LogP contribution in [-0.4, -0.2) is 34.9 Å². The quantitative estimate of drug-likeness (QED) is 0.919. The van der Waals surface area contributed by atoms with Gasteiger partial charge >= 0.3 is 0 Å². The maximum absolute atomic E-state index is 12.2. The van der Waals surface area contributed by atoms with Crippen molar-refractivity contribution >= 4 is 11.6 Å². The van der Waals surface area contributed by atoms with Crippen LogP contribution >= 0.6 is 11.6 Å². The van der Waals surface area contributed by atoms with E-state index in [-0.39, 0.29) is 11.7 Å². The summed E-state index contributed by atoms with van der Waals surface area (Å²) in [5.41, 5.74) is 0.512. The van der Waals surface area contributed by atoms with Crippen molar-refractivity contribution in [3.8, 4) is 17.1 Å². The molecule has 0 fully saturated rings.